The molecule has 2 rings (SSSR count). The van der Waals surface area contributed by atoms with Crippen LogP contribution < -0.4 is 14.8 Å². The van der Waals surface area contributed by atoms with Crippen LogP contribution in [0.2, 0.25) is 0 Å². The van der Waals surface area contributed by atoms with Crippen molar-refractivity contribution in [3.8, 4) is 11.5 Å². The van der Waals surface area contributed by atoms with Gasteiger partial charge in [0.2, 0.25) is 0 Å². The number of amides is 1. The van der Waals surface area contributed by atoms with Crippen LogP contribution in [0.1, 0.15) is 15.9 Å². The van der Waals surface area contributed by atoms with Crippen LogP contribution in [0.4, 0.5) is 4.39 Å². The van der Waals surface area contributed by atoms with E-state index in [2.05, 4.69) is 5.32 Å². The Morgan fingerprint density at radius 2 is 1.88 bits per heavy atom. The highest BCUT2D eigenvalue weighted by atomic mass is 19.1. The maximum atomic E-state index is 13.2. The molecule has 1 N–H and O–H groups in total. The smallest absolute Gasteiger partial charge is 0.325 e. The number of nitrogens with one attached hydrogen (secondary N) is 1. The fourth-order valence-corrected chi connectivity index (χ4v) is 2.09. The third-order valence-electron chi connectivity index (χ3n) is 3.36. The first kappa shape index (κ1) is 18.3. The second kappa shape index (κ2) is 8.68. The van der Waals surface area contributed by atoms with E-state index in [-0.39, 0.29) is 13.2 Å². The molecule has 0 heterocycles. The summed E-state index contributed by atoms with van der Waals surface area (Å²) in [5.41, 5.74) is 0.758. The maximum absolute atomic E-state index is 13.2. The first-order valence-electron chi connectivity index (χ1n) is 7.43. The Kier molecular flexibility index (Phi) is 6.33. The Balaban J connectivity index is 1.86. The van der Waals surface area contributed by atoms with Crippen molar-refractivity contribution in [3.05, 3.63) is 59.4 Å². The number of esters is 1. The summed E-state index contributed by atoms with van der Waals surface area (Å²) in [4.78, 5) is 23.8. The van der Waals surface area contributed by atoms with Gasteiger partial charge in [0.25, 0.3) is 5.91 Å². The van der Waals surface area contributed by atoms with Crippen molar-refractivity contribution in [2.24, 2.45) is 0 Å². The normalized spacial score (nSPS) is 10.0. The third kappa shape index (κ3) is 5.20. The number of carbonyl (C=O) groups excluding carboxylic acids is 2. The maximum Gasteiger partial charge on any atom is 0.325 e. The summed E-state index contributed by atoms with van der Waals surface area (Å²) < 4.78 is 28.4. The average molecular weight is 347 g/mol. The minimum atomic E-state index is -0.650. The molecule has 0 saturated heterocycles. The molecule has 0 saturated carbocycles. The van der Waals surface area contributed by atoms with Gasteiger partial charge in [-0.2, -0.15) is 0 Å². The molecule has 0 spiro atoms. The van der Waals surface area contributed by atoms with Crippen molar-refractivity contribution < 1.29 is 28.2 Å². The third-order valence-corrected chi connectivity index (χ3v) is 3.36. The molecule has 6 nitrogen and oxygen atoms in total. The molecule has 132 valence electrons. The zero-order valence-corrected chi connectivity index (χ0v) is 13.9. The molecule has 0 aromatic heterocycles. The van der Waals surface area contributed by atoms with E-state index < -0.39 is 17.7 Å². The van der Waals surface area contributed by atoms with E-state index in [1.54, 1.807) is 24.3 Å². The topological polar surface area (TPSA) is 73.9 Å². The van der Waals surface area contributed by atoms with Crippen LogP contribution in [-0.4, -0.2) is 32.6 Å². The summed E-state index contributed by atoms with van der Waals surface area (Å²) in [6.45, 7) is -0.470. The first-order chi connectivity index (χ1) is 12.0. The molecule has 0 bridgehead atoms. The Bertz CT molecular complexity index is 763. The highest BCUT2D eigenvalue weighted by Crippen LogP contribution is 2.20. The molecule has 0 aliphatic heterocycles. The number of benzene rings is 2. The van der Waals surface area contributed by atoms with Gasteiger partial charge in [-0.3, -0.25) is 9.59 Å². The molecule has 0 aliphatic carbocycles. The van der Waals surface area contributed by atoms with Gasteiger partial charge < -0.3 is 19.5 Å². The van der Waals surface area contributed by atoms with Gasteiger partial charge in [-0.15, -0.1) is 0 Å². The van der Waals surface area contributed by atoms with Crippen LogP contribution in [0.3, 0.4) is 0 Å². The van der Waals surface area contributed by atoms with E-state index in [0.29, 0.717) is 22.6 Å². The van der Waals surface area contributed by atoms with Gasteiger partial charge in [0.05, 0.1) is 14.2 Å². The SMILES string of the molecule is COc1cccc(C(=O)NCC(=O)OCc2cc(F)ccc2OC)c1. The highest BCUT2D eigenvalue weighted by Gasteiger charge is 2.11. The van der Waals surface area contributed by atoms with Crippen molar-refractivity contribution in [3.63, 3.8) is 0 Å². The lowest BCUT2D eigenvalue weighted by atomic mass is 10.2. The van der Waals surface area contributed by atoms with Crippen LogP contribution in [0, 0.1) is 5.82 Å². The van der Waals surface area contributed by atoms with Gasteiger partial charge >= 0.3 is 5.97 Å². The molecule has 2 aromatic rings. The van der Waals surface area contributed by atoms with Crippen molar-refractivity contribution in [1.29, 1.82) is 0 Å². The molecule has 7 heteroatoms. The zero-order chi connectivity index (χ0) is 18.2. The van der Waals surface area contributed by atoms with Gasteiger partial charge in [0.15, 0.2) is 0 Å². The molecule has 0 aliphatic rings. The molecular formula is C18H18FNO5. The molecule has 0 atom stereocenters. The monoisotopic (exact) mass is 347 g/mol. The number of ether oxygens (including phenoxy) is 3. The number of hydrogen-bond donors (Lipinski definition) is 1. The summed E-state index contributed by atoms with van der Waals surface area (Å²) in [5, 5.41) is 2.45. The number of carbonyl (C=O) groups is 2. The van der Waals surface area contributed by atoms with Gasteiger partial charge in [0.1, 0.15) is 30.5 Å². The summed E-state index contributed by atoms with van der Waals surface area (Å²) in [7, 11) is 2.93. The first-order valence-corrected chi connectivity index (χ1v) is 7.43. The highest BCUT2D eigenvalue weighted by molar-refractivity contribution is 5.96. The lowest BCUT2D eigenvalue weighted by Gasteiger charge is -2.10. The van der Waals surface area contributed by atoms with E-state index >= 15 is 0 Å². The standard InChI is InChI=1S/C18H18FNO5/c1-23-15-5-3-4-12(9-15)18(22)20-10-17(21)25-11-13-8-14(19)6-7-16(13)24-2/h3-9H,10-11H2,1-2H3,(H,20,22). The summed E-state index contributed by atoms with van der Waals surface area (Å²) in [6, 6.07) is 10.4. The quantitative estimate of drug-likeness (QED) is 0.778. The number of hydrogen-bond acceptors (Lipinski definition) is 5. The Morgan fingerprint density at radius 3 is 2.60 bits per heavy atom. The number of halogens is 1. The Hall–Kier alpha value is -3.09. The number of rotatable bonds is 7. The van der Waals surface area contributed by atoms with Gasteiger partial charge in [-0.25, -0.2) is 4.39 Å². The van der Waals surface area contributed by atoms with Gasteiger partial charge in [-0.05, 0) is 36.4 Å². The zero-order valence-electron chi connectivity index (χ0n) is 13.9. The Labute approximate surface area is 144 Å². The van der Waals surface area contributed by atoms with Crippen LogP contribution >= 0.6 is 0 Å². The molecule has 0 radical (unpaired) electrons. The van der Waals surface area contributed by atoms with Crippen molar-refractivity contribution in [2.75, 3.05) is 20.8 Å². The van der Waals surface area contributed by atoms with Crippen LogP contribution in [0.15, 0.2) is 42.5 Å². The summed E-state index contributed by atoms with van der Waals surface area (Å²) in [6.07, 6.45) is 0. The minimum absolute atomic E-state index is 0.158. The minimum Gasteiger partial charge on any atom is -0.497 e. The van der Waals surface area contributed by atoms with E-state index in [9.17, 15) is 14.0 Å². The van der Waals surface area contributed by atoms with Crippen LogP contribution in [0.5, 0.6) is 11.5 Å². The van der Waals surface area contributed by atoms with Crippen molar-refractivity contribution in [2.45, 2.75) is 6.61 Å². The number of methoxy groups -OCH3 is 2. The van der Waals surface area contributed by atoms with Crippen LogP contribution in [0.25, 0.3) is 0 Å². The van der Waals surface area contributed by atoms with Crippen LogP contribution in [-0.2, 0) is 16.1 Å². The second-order valence-electron chi connectivity index (χ2n) is 5.03. The molecule has 0 fully saturated rings. The predicted octanol–water partition coefficient (Wildman–Crippen LogP) is 2.32. The lowest BCUT2D eigenvalue weighted by molar-refractivity contribution is -0.143. The van der Waals surface area contributed by atoms with Crippen molar-refractivity contribution >= 4 is 11.9 Å². The molecule has 0 unspecified atom stereocenters. The molecule has 2 aromatic carbocycles. The largest absolute Gasteiger partial charge is 0.497 e. The summed E-state index contributed by atoms with van der Waals surface area (Å²) in [5.74, 6) is -0.594. The molecular weight excluding hydrogens is 329 g/mol. The van der Waals surface area contributed by atoms with E-state index in [4.69, 9.17) is 14.2 Å². The Morgan fingerprint density at radius 1 is 1.08 bits per heavy atom. The van der Waals surface area contributed by atoms with Gasteiger partial charge in [0, 0.05) is 11.1 Å². The van der Waals surface area contributed by atoms with Crippen molar-refractivity contribution in [1.82, 2.24) is 5.32 Å². The van der Waals surface area contributed by atoms with Gasteiger partial charge in [-0.1, -0.05) is 6.07 Å². The fraction of sp³-hybridized carbons (Fsp3) is 0.222. The second-order valence-corrected chi connectivity index (χ2v) is 5.03. The average Bonchev–Trinajstić information content (AvgIpc) is 2.64. The lowest BCUT2D eigenvalue weighted by Crippen LogP contribution is -2.30. The predicted molar refractivity (Wildman–Crippen MR) is 88.1 cm³/mol. The van der Waals surface area contributed by atoms with E-state index in [0.717, 1.165) is 0 Å². The molecule has 1 amide bonds. The van der Waals surface area contributed by atoms with E-state index in [1.807, 2.05) is 0 Å². The molecule has 25 heavy (non-hydrogen) atoms. The fourth-order valence-electron chi connectivity index (χ4n) is 2.09. The summed E-state index contributed by atoms with van der Waals surface area (Å²) >= 11 is 0. The van der Waals surface area contributed by atoms with E-state index in [1.165, 1.54) is 32.4 Å².